The molecule has 2 heterocycles. The Morgan fingerprint density at radius 3 is 2.00 bits per heavy atom. The highest BCUT2D eigenvalue weighted by molar-refractivity contribution is 5.89. The van der Waals surface area contributed by atoms with Crippen molar-refractivity contribution in [3.05, 3.63) is 24.5 Å². The van der Waals surface area contributed by atoms with Crippen LogP contribution in [0.5, 0.6) is 0 Å². The first-order valence-corrected chi connectivity index (χ1v) is 9.02. The zero-order valence-corrected chi connectivity index (χ0v) is 16.1. The Labute approximate surface area is 142 Å². The van der Waals surface area contributed by atoms with Crippen molar-refractivity contribution in [1.82, 2.24) is 9.97 Å². The van der Waals surface area contributed by atoms with Gasteiger partial charge in [-0.15, -0.1) is 0 Å². The molecule has 0 aliphatic rings. The van der Waals surface area contributed by atoms with Crippen LogP contribution in [-0.4, -0.2) is 23.1 Å². The van der Waals surface area contributed by atoms with Gasteiger partial charge in [-0.05, 0) is 29.9 Å². The van der Waals surface area contributed by atoms with Gasteiger partial charge in [-0.2, -0.15) is 0 Å². The van der Waals surface area contributed by atoms with Crippen LogP contribution < -0.4 is 4.90 Å². The quantitative estimate of drug-likeness (QED) is 0.737. The Kier molecular flexibility index (Phi) is 8.15. The zero-order chi connectivity index (χ0) is 17.4. The summed E-state index contributed by atoms with van der Waals surface area (Å²) in [6.45, 7) is 17.9. The SMILES string of the molecule is CC(C)CN(CC(C)C)c1ccnc2[nH]ccc12.CCC(C)C. The average Bonchev–Trinajstić information content (AvgIpc) is 2.94. The molecule has 0 saturated carbocycles. The monoisotopic (exact) mass is 317 g/mol. The second kappa shape index (κ2) is 9.59. The van der Waals surface area contributed by atoms with Gasteiger partial charge in [0.1, 0.15) is 5.65 Å². The average molecular weight is 318 g/mol. The number of nitrogens with one attached hydrogen (secondary N) is 1. The van der Waals surface area contributed by atoms with E-state index in [-0.39, 0.29) is 0 Å². The number of nitrogens with zero attached hydrogens (tertiary/aromatic N) is 2. The number of H-pyrrole nitrogens is 1. The second-order valence-corrected chi connectivity index (χ2v) is 7.56. The fourth-order valence-corrected chi connectivity index (χ4v) is 2.37. The van der Waals surface area contributed by atoms with Crippen molar-refractivity contribution in [2.45, 2.75) is 54.9 Å². The van der Waals surface area contributed by atoms with E-state index in [1.165, 1.54) is 17.5 Å². The number of hydrogen-bond acceptors (Lipinski definition) is 2. The van der Waals surface area contributed by atoms with Crippen molar-refractivity contribution >= 4 is 16.7 Å². The van der Waals surface area contributed by atoms with Crippen molar-refractivity contribution in [3.8, 4) is 0 Å². The number of aromatic amines is 1. The topological polar surface area (TPSA) is 31.9 Å². The molecule has 130 valence electrons. The van der Waals surface area contributed by atoms with Crippen LogP contribution in [0.25, 0.3) is 11.0 Å². The Morgan fingerprint density at radius 2 is 1.52 bits per heavy atom. The molecule has 0 aromatic carbocycles. The van der Waals surface area contributed by atoms with E-state index < -0.39 is 0 Å². The molecule has 0 fully saturated rings. The maximum atomic E-state index is 4.36. The Hall–Kier alpha value is -1.51. The predicted octanol–water partition coefficient (Wildman–Crippen LogP) is 5.73. The lowest BCUT2D eigenvalue weighted by molar-refractivity contribution is 0.553. The molecule has 0 radical (unpaired) electrons. The van der Waals surface area contributed by atoms with E-state index in [0.29, 0.717) is 11.8 Å². The van der Waals surface area contributed by atoms with E-state index in [4.69, 9.17) is 0 Å². The smallest absolute Gasteiger partial charge is 0.139 e. The van der Waals surface area contributed by atoms with Crippen LogP contribution in [0.2, 0.25) is 0 Å². The number of anilines is 1. The number of rotatable bonds is 6. The standard InChI is InChI=1S/C15H23N3.C5H12/c1-11(2)9-18(10-12(3)4)14-6-8-17-15-13(14)5-7-16-15;1-4-5(2)3/h5-8,11-12H,9-10H2,1-4H3,(H,16,17);5H,4H2,1-3H3. The highest BCUT2D eigenvalue weighted by Crippen LogP contribution is 2.26. The lowest BCUT2D eigenvalue weighted by Crippen LogP contribution is -2.31. The van der Waals surface area contributed by atoms with Crippen LogP contribution in [0, 0.1) is 17.8 Å². The summed E-state index contributed by atoms with van der Waals surface area (Å²) >= 11 is 0. The number of hydrogen-bond donors (Lipinski definition) is 1. The maximum absolute atomic E-state index is 4.36. The lowest BCUT2D eigenvalue weighted by atomic mass is 10.1. The third-order valence-electron chi connectivity index (χ3n) is 3.77. The molecular formula is C20H35N3. The van der Waals surface area contributed by atoms with E-state index >= 15 is 0 Å². The second-order valence-electron chi connectivity index (χ2n) is 7.56. The first-order chi connectivity index (χ1) is 10.8. The van der Waals surface area contributed by atoms with Crippen molar-refractivity contribution in [2.24, 2.45) is 17.8 Å². The van der Waals surface area contributed by atoms with Gasteiger partial charge < -0.3 is 9.88 Å². The number of aromatic nitrogens is 2. The molecule has 0 bridgehead atoms. The normalized spacial score (nSPS) is 11.2. The largest absolute Gasteiger partial charge is 0.370 e. The molecule has 3 heteroatoms. The minimum Gasteiger partial charge on any atom is -0.370 e. The summed E-state index contributed by atoms with van der Waals surface area (Å²) in [6, 6.07) is 4.24. The van der Waals surface area contributed by atoms with Crippen LogP contribution in [0.15, 0.2) is 24.5 Å². The van der Waals surface area contributed by atoms with Crippen molar-refractivity contribution < 1.29 is 0 Å². The fraction of sp³-hybridized carbons (Fsp3) is 0.650. The highest BCUT2D eigenvalue weighted by atomic mass is 15.1. The molecule has 0 aliphatic heterocycles. The third-order valence-corrected chi connectivity index (χ3v) is 3.77. The summed E-state index contributed by atoms with van der Waals surface area (Å²) in [5.74, 6) is 2.20. The molecule has 0 atom stereocenters. The first kappa shape index (κ1) is 19.5. The van der Waals surface area contributed by atoms with Crippen molar-refractivity contribution in [3.63, 3.8) is 0 Å². The summed E-state index contributed by atoms with van der Waals surface area (Å²) < 4.78 is 0. The molecule has 0 unspecified atom stereocenters. The molecular weight excluding hydrogens is 282 g/mol. The van der Waals surface area contributed by atoms with Crippen LogP contribution in [-0.2, 0) is 0 Å². The number of fused-ring (bicyclic) bond motifs is 1. The molecule has 23 heavy (non-hydrogen) atoms. The molecule has 2 rings (SSSR count). The molecule has 1 N–H and O–H groups in total. The highest BCUT2D eigenvalue weighted by Gasteiger charge is 2.13. The van der Waals surface area contributed by atoms with Crippen LogP contribution in [0.4, 0.5) is 5.69 Å². The summed E-state index contributed by atoms with van der Waals surface area (Å²) in [7, 11) is 0. The van der Waals surface area contributed by atoms with Crippen LogP contribution in [0.1, 0.15) is 54.9 Å². The van der Waals surface area contributed by atoms with Crippen LogP contribution in [0.3, 0.4) is 0 Å². The van der Waals surface area contributed by atoms with E-state index in [0.717, 1.165) is 24.7 Å². The maximum Gasteiger partial charge on any atom is 0.139 e. The van der Waals surface area contributed by atoms with Gasteiger partial charge >= 0.3 is 0 Å². The van der Waals surface area contributed by atoms with Gasteiger partial charge in [-0.1, -0.05) is 54.9 Å². The summed E-state index contributed by atoms with van der Waals surface area (Å²) in [5, 5.41) is 1.22. The van der Waals surface area contributed by atoms with Gasteiger partial charge in [0.25, 0.3) is 0 Å². The van der Waals surface area contributed by atoms with E-state index in [1.54, 1.807) is 0 Å². The first-order valence-electron chi connectivity index (χ1n) is 9.02. The van der Waals surface area contributed by atoms with E-state index in [1.807, 2.05) is 12.4 Å². The molecule has 0 amide bonds. The molecule has 3 nitrogen and oxygen atoms in total. The Morgan fingerprint density at radius 1 is 0.957 bits per heavy atom. The van der Waals surface area contributed by atoms with Crippen molar-refractivity contribution in [2.75, 3.05) is 18.0 Å². The van der Waals surface area contributed by atoms with Gasteiger partial charge in [0, 0.05) is 36.6 Å². The minimum absolute atomic E-state index is 0.658. The number of pyridine rings is 1. The van der Waals surface area contributed by atoms with Gasteiger partial charge in [-0.25, -0.2) is 4.98 Å². The zero-order valence-electron chi connectivity index (χ0n) is 16.1. The van der Waals surface area contributed by atoms with Crippen molar-refractivity contribution in [1.29, 1.82) is 0 Å². The molecule has 0 aliphatic carbocycles. The Balaban J connectivity index is 0.000000463. The molecule has 2 aromatic heterocycles. The predicted molar refractivity (Wildman–Crippen MR) is 103 cm³/mol. The Bertz CT molecular complexity index is 545. The van der Waals surface area contributed by atoms with Gasteiger partial charge in [0.2, 0.25) is 0 Å². The molecule has 2 aromatic rings. The fourth-order valence-electron chi connectivity index (χ4n) is 2.37. The van der Waals surface area contributed by atoms with Gasteiger partial charge in [0.05, 0.1) is 0 Å². The van der Waals surface area contributed by atoms with Gasteiger partial charge in [0.15, 0.2) is 0 Å². The van der Waals surface area contributed by atoms with E-state index in [2.05, 4.69) is 75.5 Å². The lowest BCUT2D eigenvalue weighted by Gasteiger charge is -2.29. The molecule has 0 spiro atoms. The minimum atomic E-state index is 0.658. The third kappa shape index (κ3) is 6.64. The van der Waals surface area contributed by atoms with Crippen LogP contribution >= 0.6 is 0 Å². The van der Waals surface area contributed by atoms with E-state index in [9.17, 15) is 0 Å². The summed E-state index contributed by atoms with van der Waals surface area (Å²) in [6.07, 6.45) is 5.16. The summed E-state index contributed by atoms with van der Waals surface area (Å²) in [4.78, 5) is 10.0. The molecule has 0 saturated heterocycles. The van der Waals surface area contributed by atoms with Gasteiger partial charge in [-0.3, -0.25) is 0 Å². The summed E-state index contributed by atoms with van der Waals surface area (Å²) in [5.41, 5.74) is 2.27.